The molecule has 0 spiro atoms. The fourth-order valence-electron chi connectivity index (χ4n) is 2.06. The molecule has 0 atom stereocenters. The van der Waals surface area contributed by atoms with E-state index in [1.807, 2.05) is 6.07 Å². The van der Waals surface area contributed by atoms with Gasteiger partial charge in [0.2, 0.25) is 0 Å². The molecule has 0 aliphatic heterocycles. The van der Waals surface area contributed by atoms with Crippen LogP contribution in [-0.4, -0.2) is 0 Å². The maximum atomic E-state index is 8.91. The van der Waals surface area contributed by atoms with E-state index in [0.717, 1.165) is 24.8 Å². The Balaban J connectivity index is 2.65. The Bertz CT molecular complexity index is 478. The van der Waals surface area contributed by atoms with Gasteiger partial charge in [-0.3, -0.25) is 0 Å². The Morgan fingerprint density at radius 3 is 2.87 bits per heavy atom. The number of rotatable bonds is 1. The quantitative estimate of drug-likeness (QED) is 0.387. The van der Waals surface area contributed by atoms with E-state index in [1.54, 1.807) is 6.07 Å². The Kier molecular flexibility index (Phi) is 2.57. The molecule has 74 valence electrons. The number of nitriles is 1. The van der Waals surface area contributed by atoms with E-state index >= 15 is 0 Å². The molecule has 0 fully saturated rings. The van der Waals surface area contributed by atoms with Crippen LogP contribution in [-0.2, 0) is 12.8 Å². The number of aryl methyl sites for hydroxylation is 1. The fraction of sp³-hybridized carbons (Fsp3) is 0.364. The molecule has 1 aliphatic carbocycles. The highest BCUT2D eigenvalue weighted by molar-refractivity contribution is 5.61. The van der Waals surface area contributed by atoms with Crippen molar-refractivity contribution in [1.82, 2.24) is 0 Å². The van der Waals surface area contributed by atoms with Crippen molar-refractivity contribution in [3.05, 3.63) is 39.3 Å². The Morgan fingerprint density at radius 2 is 2.13 bits per heavy atom. The first kappa shape index (κ1) is 9.57. The number of azide groups is 1. The SMILES string of the molecule is N#Cc1ccc2c(c1N=[N+]=[N-])CCCC2. The number of fused-ring (bicyclic) bond motifs is 1. The molecule has 0 bridgehead atoms. The van der Waals surface area contributed by atoms with E-state index in [4.69, 9.17) is 10.8 Å². The molecule has 4 nitrogen and oxygen atoms in total. The van der Waals surface area contributed by atoms with Crippen molar-refractivity contribution in [2.45, 2.75) is 25.7 Å². The van der Waals surface area contributed by atoms with E-state index in [2.05, 4.69) is 16.1 Å². The minimum Gasteiger partial charge on any atom is -0.192 e. The van der Waals surface area contributed by atoms with Crippen molar-refractivity contribution in [2.75, 3.05) is 0 Å². The summed E-state index contributed by atoms with van der Waals surface area (Å²) in [6.07, 6.45) is 4.22. The molecule has 0 saturated carbocycles. The first-order chi connectivity index (χ1) is 7.36. The third-order valence-electron chi connectivity index (χ3n) is 2.77. The zero-order valence-corrected chi connectivity index (χ0v) is 8.27. The summed E-state index contributed by atoms with van der Waals surface area (Å²) >= 11 is 0. The summed E-state index contributed by atoms with van der Waals surface area (Å²) in [6, 6.07) is 5.79. The van der Waals surface area contributed by atoms with Crippen LogP contribution in [0.25, 0.3) is 10.4 Å². The van der Waals surface area contributed by atoms with Crippen LogP contribution in [0, 0.1) is 11.3 Å². The largest absolute Gasteiger partial charge is 0.192 e. The molecule has 0 amide bonds. The van der Waals surface area contributed by atoms with Crippen LogP contribution >= 0.6 is 0 Å². The van der Waals surface area contributed by atoms with Crippen molar-refractivity contribution < 1.29 is 0 Å². The molecule has 4 heteroatoms. The summed E-state index contributed by atoms with van der Waals surface area (Å²) in [5.41, 5.74) is 11.8. The first-order valence-corrected chi connectivity index (χ1v) is 4.97. The van der Waals surface area contributed by atoms with Crippen molar-refractivity contribution in [3.63, 3.8) is 0 Å². The van der Waals surface area contributed by atoms with Gasteiger partial charge in [0.15, 0.2) is 0 Å². The summed E-state index contributed by atoms with van der Waals surface area (Å²) in [6.45, 7) is 0. The molecule has 0 saturated heterocycles. The van der Waals surface area contributed by atoms with Crippen LogP contribution in [0.3, 0.4) is 0 Å². The van der Waals surface area contributed by atoms with E-state index < -0.39 is 0 Å². The predicted molar refractivity (Wildman–Crippen MR) is 56.6 cm³/mol. The molecule has 1 aliphatic rings. The van der Waals surface area contributed by atoms with Crippen molar-refractivity contribution in [1.29, 1.82) is 5.26 Å². The highest BCUT2D eigenvalue weighted by Gasteiger charge is 2.15. The lowest BCUT2D eigenvalue weighted by molar-refractivity contribution is 0.686. The Morgan fingerprint density at radius 1 is 1.33 bits per heavy atom. The predicted octanol–water partition coefficient (Wildman–Crippen LogP) is 3.38. The van der Waals surface area contributed by atoms with Gasteiger partial charge < -0.3 is 0 Å². The van der Waals surface area contributed by atoms with Gasteiger partial charge in [0.25, 0.3) is 0 Å². The lowest BCUT2D eigenvalue weighted by atomic mass is 9.89. The van der Waals surface area contributed by atoms with Crippen molar-refractivity contribution in [3.8, 4) is 6.07 Å². The second kappa shape index (κ2) is 4.04. The topological polar surface area (TPSA) is 72.5 Å². The number of hydrogen-bond acceptors (Lipinski definition) is 2. The van der Waals surface area contributed by atoms with Crippen LogP contribution < -0.4 is 0 Å². The molecule has 0 radical (unpaired) electrons. The minimum atomic E-state index is 0.480. The highest BCUT2D eigenvalue weighted by Crippen LogP contribution is 2.32. The van der Waals surface area contributed by atoms with E-state index in [1.165, 1.54) is 12.0 Å². The molecule has 1 aromatic rings. The Labute approximate surface area is 87.8 Å². The van der Waals surface area contributed by atoms with Crippen LogP contribution in [0.1, 0.15) is 29.5 Å². The Hall–Kier alpha value is -1.98. The van der Waals surface area contributed by atoms with Gasteiger partial charge in [-0.1, -0.05) is 11.2 Å². The summed E-state index contributed by atoms with van der Waals surface area (Å²) in [5.74, 6) is 0. The number of nitrogens with zero attached hydrogens (tertiary/aromatic N) is 4. The first-order valence-electron chi connectivity index (χ1n) is 4.97. The summed E-state index contributed by atoms with van der Waals surface area (Å²) in [7, 11) is 0. The van der Waals surface area contributed by atoms with Crippen LogP contribution in [0.15, 0.2) is 17.2 Å². The molecule has 2 rings (SSSR count). The van der Waals surface area contributed by atoms with Gasteiger partial charge in [-0.2, -0.15) is 5.26 Å². The maximum absolute atomic E-state index is 8.91. The fourth-order valence-corrected chi connectivity index (χ4v) is 2.06. The van der Waals surface area contributed by atoms with Gasteiger partial charge in [-0.25, -0.2) is 0 Å². The smallest absolute Gasteiger partial charge is 0.0996 e. The summed E-state index contributed by atoms with van der Waals surface area (Å²) in [4.78, 5) is 2.80. The van der Waals surface area contributed by atoms with Gasteiger partial charge in [0.05, 0.1) is 17.3 Å². The molecular formula is C11H10N4. The van der Waals surface area contributed by atoms with E-state index in [0.29, 0.717) is 11.3 Å². The lowest BCUT2D eigenvalue weighted by Crippen LogP contribution is -2.03. The standard InChI is InChI=1S/C11H10N4/c12-7-9-6-5-8-3-1-2-4-10(8)11(9)14-15-13/h5-6H,1-4H2. The average Bonchev–Trinajstić information content (AvgIpc) is 2.30. The van der Waals surface area contributed by atoms with E-state index in [9.17, 15) is 0 Å². The molecule has 1 aromatic carbocycles. The zero-order chi connectivity index (χ0) is 10.7. The molecule has 0 N–H and O–H groups in total. The zero-order valence-electron chi connectivity index (χ0n) is 8.27. The molecule has 15 heavy (non-hydrogen) atoms. The molecular weight excluding hydrogens is 188 g/mol. The highest BCUT2D eigenvalue weighted by atomic mass is 15.1. The normalized spacial score (nSPS) is 13.5. The second-order valence-corrected chi connectivity index (χ2v) is 3.61. The summed E-state index contributed by atoms with van der Waals surface area (Å²) < 4.78 is 0. The molecule has 0 aromatic heterocycles. The van der Waals surface area contributed by atoms with Crippen LogP contribution in [0.4, 0.5) is 5.69 Å². The minimum absolute atomic E-state index is 0.480. The number of hydrogen-bond donors (Lipinski definition) is 0. The van der Waals surface area contributed by atoms with Gasteiger partial charge >= 0.3 is 0 Å². The molecule has 0 unspecified atom stereocenters. The van der Waals surface area contributed by atoms with Crippen LogP contribution in [0.2, 0.25) is 0 Å². The van der Waals surface area contributed by atoms with E-state index in [-0.39, 0.29) is 0 Å². The average molecular weight is 198 g/mol. The van der Waals surface area contributed by atoms with Gasteiger partial charge in [-0.05, 0) is 48.4 Å². The monoisotopic (exact) mass is 198 g/mol. The third-order valence-corrected chi connectivity index (χ3v) is 2.77. The van der Waals surface area contributed by atoms with Gasteiger partial charge in [-0.15, -0.1) is 0 Å². The van der Waals surface area contributed by atoms with Gasteiger partial charge in [0.1, 0.15) is 0 Å². The third kappa shape index (κ3) is 1.65. The van der Waals surface area contributed by atoms with Crippen LogP contribution in [0.5, 0.6) is 0 Å². The lowest BCUT2D eigenvalue weighted by Gasteiger charge is -2.17. The van der Waals surface area contributed by atoms with Gasteiger partial charge in [0, 0.05) is 4.91 Å². The summed E-state index contributed by atoms with van der Waals surface area (Å²) in [5, 5.41) is 12.6. The number of benzene rings is 1. The molecule has 0 heterocycles. The van der Waals surface area contributed by atoms with Crippen molar-refractivity contribution in [2.24, 2.45) is 5.11 Å². The van der Waals surface area contributed by atoms with Crippen molar-refractivity contribution >= 4 is 5.69 Å². The second-order valence-electron chi connectivity index (χ2n) is 3.61. The maximum Gasteiger partial charge on any atom is 0.0996 e.